The third-order valence-corrected chi connectivity index (χ3v) is 5.40. The molecule has 6 heteroatoms. The van der Waals surface area contributed by atoms with Gasteiger partial charge >= 0.3 is 5.97 Å². The summed E-state index contributed by atoms with van der Waals surface area (Å²) in [6.45, 7) is 2.50. The molecule has 1 aliphatic heterocycles. The van der Waals surface area contributed by atoms with Gasteiger partial charge in [-0.05, 0) is 47.9 Å². The van der Waals surface area contributed by atoms with Crippen LogP contribution in [-0.2, 0) is 4.79 Å². The maximum absolute atomic E-state index is 12.5. The highest BCUT2D eigenvalue weighted by Crippen LogP contribution is 2.35. The molecule has 2 rings (SSSR count). The zero-order valence-corrected chi connectivity index (χ0v) is 13.7. The number of halogens is 1. The highest BCUT2D eigenvalue weighted by molar-refractivity contribution is 14.1. The molecule has 0 bridgehead atoms. The molecule has 19 heavy (non-hydrogen) atoms. The molecule has 0 aliphatic carbocycles. The lowest BCUT2D eigenvalue weighted by molar-refractivity contribution is -0.148. The number of likely N-dealkylation sites (tertiary alicyclic amines) is 1. The number of hydrogen-bond donors (Lipinski definition) is 1. The largest absolute Gasteiger partial charge is 0.479 e. The van der Waals surface area contributed by atoms with Gasteiger partial charge in [-0.15, -0.1) is 11.3 Å². The van der Waals surface area contributed by atoms with Crippen molar-refractivity contribution >= 4 is 45.8 Å². The van der Waals surface area contributed by atoms with E-state index in [-0.39, 0.29) is 5.91 Å². The first-order valence-electron chi connectivity index (χ1n) is 6.30. The Balaban J connectivity index is 2.31. The van der Waals surface area contributed by atoms with E-state index in [9.17, 15) is 14.7 Å². The number of carboxylic acid groups (broad SMARTS) is 1. The first-order valence-corrected chi connectivity index (χ1v) is 8.26. The Labute approximate surface area is 129 Å². The maximum atomic E-state index is 12.5. The summed E-state index contributed by atoms with van der Waals surface area (Å²) in [4.78, 5) is 25.8. The van der Waals surface area contributed by atoms with Crippen molar-refractivity contribution in [2.45, 2.75) is 38.1 Å². The van der Waals surface area contributed by atoms with E-state index < -0.39 is 11.5 Å². The van der Waals surface area contributed by atoms with Crippen LogP contribution in [0.3, 0.4) is 0 Å². The SMILES string of the molecule is CCCC1(C(=O)O)CCCN1C(=O)c1csc(I)c1. The summed E-state index contributed by atoms with van der Waals surface area (Å²) in [5.41, 5.74) is -0.392. The molecule has 0 saturated carbocycles. The Hall–Kier alpha value is -0.630. The second-order valence-electron chi connectivity index (χ2n) is 4.79. The average molecular weight is 393 g/mol. The van der Waals surface area contributed by atoms with Gasteiger partial charge in [-0.25, -0.2) is 4.79 Å². The summed E-state index contributed by atoms with van der Waals surface area (Å²) < 4.78 is 1.04. The molecule has 1 N–H and O–H groups in total. The Morgan fingerprint density at radius 2 is 2.32 bits per heavy atom. The lowest BCUT2D eigenvalue weighted by atomic mass is 9.90. The van der Waals surface area contributed by atoms with E-state index >= 15 is 0 Å². The van der Waals surface area contributed by atoms with Gasteiger partial charge in [0.2, 0.25) is 0 Å². The van der Waals surface area contributed by atoms with E-state index in [1.54, 1.807) is 10.3 Å². The molecule has 0 radical (unpaired) electrons. The van der Waals surface area contributed by atoms with Gasteiger partial charge in [-0.3, -0.25) is 4.79 Å². The second-order valence-corrected chi connectivity index (χ2v) is 7.59. The Kier molecular flexibility index (Phi) is 4.50. The summed E-state index contributed by atoms with van der Waals surface area (Å²) in [7, 11) is 0. The van der Waals surface area contributed by atoms with Crippen LogP contribution in [0.2, 0.25) is 0 Å². The van der Waals surface area contributed by atoms with E-state index in [4.69, 9.17) is 0 Å². The number of hydrogen-bond acceptors (Lipinski definition) is 3. The maximum Gasteiger partial charge on any atom is 0.329 e. The van der Waals surface area contributed by atoms with Crippen LogP contribution >= 0.6 is 33.9 Å². The highest BCUT2D eigenvalue weighted by Gasteiger charge is 2.49. The van der Waals surface area contributed by atoms with Gasteiger partial charge < -0.3 is 10.0 Å². The van der Waals surface area contributed by atoms with Crippen LogP contribution in [0.15, 0.2) is 11.4 Å². The minimum absolute atomic E-state index is 0.146. The Morgan fingerprint density at radius 1 is 1.58 bits per heavy atom. The zero-order valence-electron chi connectivity index (χ0n) is 10.7. The molecule has 1 aliphatic rings. The van der Waals surface area contributed by atoms with Crippen molar-refractivity contribution in [2.24, 2.45) is 0 Å². The number of amides is 1. The van der Waals surface area contributed by atoms with Crippen molar-refractivity contribution in [1.29, 1.82) is 0 Å². The summed E-state index contributed by atoms with van der Waals surface area (Å²) in [5.74, 6) is -1.02. The van der Waals surface area contributed by atoms with Crippen LogP contribution in [-0.4, -0.2) is 34.0 Å². The van der Waals surface area contributed by atoms with Crippen LogP contribution in [0.4, 0.5) is 0 Å². The quantitative estimate of drug-likeness (QED) is 0.800. The van der Waals surface area contributed by atoms with E-state index in [1.807, 2.05) is 13.0 Å². The molecule has 1 fully saturated rings. The summed E-state index contributed by atoms with van der Waals surface area (Å²) in [5, 5.41) is 11.4. The fraction of sp³-hybridized carbons (Fsp3) is 0.538. The lowest BCUT2D eigenvalue weighted by Gasteiger charge is -2.34. The summed E-state index contributed by atoms with van der Waals surface area (Å²) >= 11 is 3.67. The van der Waals surface area contributed by atoms with Crippen molar-refractivity contribution in [2.75, 3.05) is 6.54 Å². The molecule has 1 aromatic rings. The summed E-state index contributed by atoms with van der Waals surface area (Å²) in [6.07, 6.45) is 2.61. The number of nitrogens with zero attached hydrogens (tertiary/aromatic N) is 1. The molecule has 1 saturated heterocycles. The minimum atomic E-state index is -1.00. The molecule has 104 valence electrons. The molecule has 0 aromatic carbocycles. The van der Waals surface area contributed by atoms with Crippen molar-refractivity contribution in [3.8, 4) is 0 Å². The van der Waals surface area contributed by atoms with Crippen LogP contribution < -0.4 is 0 Å². The fourth-order valence-electron chi connectivity index (χ4n) is 2.76. The highest BCUT2D eigenvalue weighted by atomic mass is 127. The smallest absolute Gasteiger partial charge is 0.329 e. The second kappa shape index (κ2) is 5.78. The van der Waals surface area contributed by atoms with E-state index in [2.05, 4.69) is 22.6 Å². The average Bonchev–Trinajstić information content (AvgIpc) is 2.96. The first kappa shape index (κ1) is 14.8. The molecule has 1 atom stereocenters. The predicted molar refractivity (Wildman–Crippen MR) is 82.6 cm³/mol. The minimum Gasteiger partial charge on any atom is -0.479 e. The monoisotopic (exact) mass is 393 g/mol. The predicted octanol–water partition coefficient (Wildman–Crippen LogP) is 3.21. The zero-order chi connectivity index (χ0) is 14.0. The molecule has 1 unspecified atom stereocenters. The summed E-state index contributed by atoms with van der Waals surface area (Å²) in [6, 6.07) is 1.82. The van der Waals surface area contributed by atoms with Crippen LogP contribution in [0.25, 0.3) is 0 Å². The van der Waals surface area contributed by atoms with Gasteiger partial charge in [0.1, 0.15) is 5.54 Å². The van der Waals surface area contributed by atoms with Gasteiger partial charge in [-0.2, -0.15) is 0 Å². The third kappa shape index (κ3) is 2.65. The van der Waals surface area contributed by atoms with E-state index in [0.29, 0.717) is 24.9 Å². The molecule has 1 aromatic heterocycles. The van der Waals surface area contributed by atoms with Crippen molar-refractivity contribution in [3.63, 3.8) is 0 Å². The number of carbonyl (C=O) groups excluding carboxylic acids is 1. The van der Waals surface area contributed by atoms with Gasteiger partial charge in [0, 0.05) is 11.9 Å². The van der Waals surface area contributed by atoms with Crippen LogP contribution in [0.1, 0.15) is 43.0 Å². The molecule has 4 nitrogen and oxygen atoms in total. The van der Waals surface area contributed by atoms with Gasteiger partial charge in [-0.1, -0.05) is 13.3 Å². The number of carbonyl (C=O) groups is 2. The van der Waals surface area contributed by atoms with Gasteiger partial charge in [0.15, 0.2) is 0 Å². The fourth-order valence-corrected chi connectivity index (χ4v) is 4.08. The van der Waals surface area contributed by atoms with Gasteiger partial charge in [0.05, 0.1) is 8.45 Å². The molecular weight excluding hydrogens is 377 g/mol. The van der Waals surface area contributed by atoms with Crippen LogP contribution in [0, 0.1) is 2.88 Å². The third-order valence-electron chi connectivity index (χ3n) is 3.61. The van der Waals surface area contributed by atoms with Crippen LogP contribution in [0.5, 0.6) is 0 Å². The van der Waals surface area contributed by atoms with E-state index in [0.717, 1.165) is 15.7 Å². The first-order chi connectivity index (χ1) is 9.01. The lowest BCUT2D eigenvalue weighted by Crippen LogP contribution is -2.53. The molecule has 2 heterocycles. The Morgan fingerprint density at radius 3 is 2.84 bits per heavy atom. The molecular formula is C13H16INO3S. The van der Waals surface area contributed by atoms with Crippen molar-refractivity contribution in [1.82, 2.24) is 4.90 Å². The topological polar surface area (TPSA) is 57.6 Å². The number of rotatable bonds is 4. The normalized spacial score (nSPS) is 22.7. The number of thiophene rings is 1. The van der Waals surface area contributed by atoms with E-state index in [1.165, 1.54) is 11.3 Å². The van der Waals surface area contributed by atoms with Crippen molar-refractivity contribution < 1.29 is 14.7 Å². The standard InChI is InChI=1S/C13H16INO3S/c1-2-4-13(12(17)18)5-3-6-15(13)11(16)9-7-10(14)19-8-9/h7-8H,2-6H2,1H3,(H,17,18). The Bertz CT molecular complexity index is 502. The van der Waals surface area contributed by atoms with Crippen molar-refractivity contribution in [3.05, 3.63) is 19.9 Å². The number of aliphatic carboxylic acids is 1. The van der Waals surface area contributed by atoms with Gasteiger partial charge in [0.25, 0.3) is 5.91 Å². The molecule has 0 spiro atoms. The number of carboxylic acids is 1. The molecule has 1 amide bonds.